The summed E-state index contributed by atoms with van der Waals surface area (Å²) in [6.07, 6.45) is 78.1. The summed E-state index contributed by atoms with van der Waals surface area (Å²) in [5, 5.41) is 121. The number of carbonyl (C=O) groups is 1. The predicted molar refractivity (Wildman–Crippen MR) is 452 cm³/mol. The topological polar surface area (TPSA) is 307 Å². The molecule has 3 saturated heterocycles. The van der Waals surface area contributed by atoms with Crippen LogP contribution in [0.25, 0.3) is 0 Å². The molecular weight excluding hydrogens is 1420 g/mol. The highest BCUT2D eigenvalue weighted by atomic mass is 16.8. The van der Waals surface area contributed by atoms with Gasteiger partial charge in [0.2, 0.25) is 5.91 Å². The second-order valence-electron chi connectivity index (χ2n) is 30.2. The van der Waals surface area contributed by atoms with E-state index in [1.54, 1.807) is 6.08 Å². The van der Waals surface area contributed by atoms with Crippen molar-refractivity contribution in [3.63, 3.8) is 0 Å². The first kappa shape index (κ1) is 102. The van der Waals surface area contributed by atoms with Crippen molar-refractivity contribution in [2.45, 2.75) is 394 Å². The average Bonchev–Trinajstić information content (AvgIpc) is 0.781. The van der Waals surface area contributed by atoms with Crippen molar-refractivity contribution in [1.29, 1.82) is 0 Å². The van der Waals surface area contributed by atoms with Crippen LogP contribution in [-0.4, -0.2) is 193 Å². The molecule has 0 spiro atoms. The second kappa shape index (κ2) is 70.6. The molecule has 3 aliphatic rings. The minimum Gasteiger partial charge on any atom is -0.394 e. The Bertz CT molecular complexity index is 2640. The van der Waals surface area contributed by atoms with Crippen molar-refractivity contribution in [3.05, 3.63) is 158 Å². The van der Waals surface area contributed by atoms with Crippen LogP contribution < -0.4 is 5.32 Å². The van der Waals surface area contributed by atoms with Gasteiger partial charge in [-0.05, 0) is 122 Å². The Morgan fingerprint density at radius 3 is 1.00 bits per heavy atom. The molecule has 19 heteroatoms. The Kier molecular flexibility index (Phi) is 64.0. The summed E-state index contributed by atoms with van der Waals surface area (Å²) < 4.78 is 34.4. The minimum absolute atomic E-state index is 0.204. The molecule has 0 aromatic rings. The van der Waals surface area contributed by atoms with E-state index in [9.17, 15) is 61.0 Å². The van der Waals surface area contributed by atoms with E-state index in [0.717, 1.165) is 128 Å². The Morgan fingerprint density at radius 2 is 0.625 bits per heavy atom. The van der Waals surface area contributed by atoms with Crippen LogP contribution in [0.3, 0.4) is 0 Å². The molecule has 17 unspecified atom stereocenters. The molecule has 0 aromatic heterocycles. The van der Waals surface area contributed by atoms with Crippen LogP contribution >= 0.6 is 0 Å². The van der Waals surface area contributed by atoms with E-state index >= 15 is 0 Å². The molecule has 640 valence electrons. The number of nitrogens with one attached hydrogen (secondary N) is 1. The average molecular weight is 1580 g/mol. The number of carbonyl (C=O) groups excluding carboxylic acids is 1. The smallest absolute Gasteiger partial charge is 0.220 e. The van der Waals surface area contributed by atoms with Gasteiger partial charge in [0.25, 0.3) is 0 Å². The van der Waals surface area contributed by atoms with Gasteiger partial charge in [0, 0.05) is 6.42 Å². The van der Waals surface area contributed by atoms with Crippen molar-refractivity contribution in [2.75, 3.05) is 26.4 Å². The molecule has 112 heavy (non-hydrogen) atoms. The van der Waals surface area contributed by atoms with Crippen LogP contribution in [0.2, 0.25) is 0 Å². The fourth-order valence-electron chi connectivity index (χ4n) is 13.6. The number of ether oxygens (including phenoxy) is 6. The third-order valence-corrected chi connectivity index (χ3v) is 20.5. The van der Waals surface area contributed by atoms with E-state index in [0.29, 0.717) is 12.8 Å². The van der Waals surface area contributed by atoms with Crippen molar-refractivity contribution < 1.29 is 89.4 Å². The van der Waals surface area contributed by atoms with Crippen molar-refractivity contribution in [3.8, 4) is 0 Å². The quantitative estimate of drug-likeness (QED) is 0.0199. The Labute approximate surface area is 675 Å². The van der Waals surface area contributed by atoms with Crippen LogP contribution in [-0.2, 0) is 33.2 Å². The monoisotopic (exact) mass is 1570 g/mol. The van der Waals surface area contributed by atoms with Crippen LogP contribution in [0.15, 0.2) is 158 Å². The maximum atomic E-state index is 13.5. The molecule has 3 aliphatic heterocycles. The van der Waals surface area contributed by atoms with E-state index in [1.165, 1.54) is 128 Å². The van der Waals surface area contributed by atoms with Gasteiger partial charge in [0.1, 0.15) is 73.2 Å². The molecule has 0 aromatic carbocycles. The van der Waals surface area contributed by atoms with Crippen LogP contribution in [0.5, 0.6) is 0 Å². The fourth-order valence-corrected chi connectivity index (χ4v) is 13.6. The van der Waals surface area contributed by atoms with Crippen LogP contribution in [0, 0.1) is 0 Å². The molecule has 3 rings (SSSR count). The van der Waals surface area contributed by atoms with Gasteiger partial charge in [-0.25, -0.2) is 0 Å². The standard InChI is InChI=1S/C93H155NO18/c1-3-5-7-9-11-13-15-17-19-21-23-25-27-29-31-33-35-36-37-38-39-40-41-43-45-47-49-51-53-55-57-59-61-63-65-67-69-71-81(99)94-76(77(98)70-68-66-64-62-60-58-56-54-52-50-48-46-44-42-34-32-30-28-26-24-22-20-18-16-14-12-10-8-6-4-2)75-107-91-87(105)84(102)89(79(73-96)109-91)112-93-88(106)85(103)90(80(74-97)110-93)111-92-86(104)83(101)82(100)78(72-95)108-92/h5,7,11,13,17,19,23,25,29,31,35-36,38-39,41,43,47,49,52-55,60,62,68,70,76-80,82-93,95-98,100-106H,3-4,6,8-10,12,14-16,18,20-22,24,26-28,30,32-34,37,40,42,44-46,48,50-51,56-59,61,63-67,69,71-75H2,1-2H3,(H,94,99)/b7-5-,13-11-,19-17-,25-23-,31-29-,36-35-,39-38-,43-41-,49-47-,54-52+,55-53-,62-60+,70-68+. The van der Waals surface area contributed by atoms with E-state index in [-0.39, 0.29) is 18.9 Å². The first-order valence-corrected chi connectivity index (χ1v) is 43.7. The number of aliphatic hydroxyl groups is 11. The van der Waals surface area contributed by atoms with Crippen LogP contribution in [0.1, 0.15) is 290 Å². The third kappa shape index (κ3) is 48.8. The molecule has 3 fully saturated rings. The Balaban J connectivity index is 1.38. The van der Waals surface area contributed by atoms with E-state index < -0.39 is 124 Å². The highest BCUT2D eigenvalue weighted by Gasteiger charge is 2.54. The molecular formula is C93H155NO18. The van der Waals surface area contributed by atoms with Gasteiger partial charge in [-0.15, -0.1) is 0 Å². The second-order valence-corrected chi connectivity index (χ2v) is 30.2. The summed E-state index contributed by atoms with van der Waals surface area (Å²) in [6.45, 7) is 1.60. The highest BCUT2D eigenvalue weighted by molar-refractivity contribution is 5.76. The van der Waals surface area contributed by atoms with Crippen molar-refractivity contribution >= 4 is 5.91 Å². The van der Waals surface area contributed by atoms with Gasteiger partial charge in [-0.2, -0.15) is 0 Å². The Morgan fingerprint density at radius 1 is 0.330 bits per heavy atom. The van der Waals surface area contributed by atoms with E-state index in [1.807, 2.05) is 6.08 Å². The first-order chi connectivity index (χ1) is 54.8. The number of aliphatic hydroxyl groups excluding tert-OH is 11. The molecule has 0 radical (unpaired) electrons. The lowest BCUT2D eigenvalue weighted by molar-refractivity contribution is -0.379. The number of amides is 1. The lowest BCUT2D eigenvalue weighted by atomic mass is 9.96. The van der Waals surface area contributed by atoms with Gasteiger partial charge >= 0.3 is 0 Å². The zero-order chi connectivity index (χ0) is 81.0. The normalized spacial score (nSPS) is 25.7. The summed E-state index contributed by atoms with van der Waals surface area (Å²) in [5.74, 6) is -0.309. The number of allylic oxidation sites excluding steroid dienone is 25. The highest BCUT2D eigenvalue weighted by Crippen LogP contribution is 2.33. The minimum atomic E-state index is -1.99. The van der Waals surface area contributed by atoms with Crippen molar-refractivity contribution in [1.82, 2.24) is 5.32 Å². The predicted octanol–water partition coefficient (Wildman–Crippen LogP) is 16.3. The molecule has 17 atom stereocenters. The zero-order valence-electron chi connectivity index (χ0n) is 68.8. The zero-order valence-corrected chi connectivity index (χ0v) is 68.8. The summed E-state index contributed by atoms with van der Waals surface area (Å²) >= 11 is 0. The van der Waals surface area contributed by atoms with E-state index in [2.05, 4.69) is 165 Å². The maximum Gasteiger partial charge on any atom is 0.220 e. The Hall–Kier alpha value is -4.59. The molecule has 1 amide bonds. The largest absolute Gasteiger partial charge is 0.394 e. The molecule has 3 heterocycles. The molecule has 19 nitrogen and oxygen atoms in total. The molecule has 0 aliphatic carbocycles. The SMILES string of the molecule is CC/C=C\C/C=C\C/C=C\C/C=C\C/C=C\C/C=C\C/C=C\C/C=C\C/C=C\C/C=C\CCCCCCCCC(=O)NC(COC1OC(CO)C(OC2OC(CO)C(OC3OC(CO)C(O)C(O)C3O)C(O)C2O)C(O)C1O)C(O)/C=C/CC/C=C/CC/C=C/CCCCCCCCCCCCCCCCCCCCCC. The van der Waals surface area contributed by atoms with E-state index in [4.69, 9.17) is 28.4 Å². The first-order valence-electron chi connectivity index (χ1n) is 43.7. The fraction of sp³-hybridized carbons (Fsp3) is 0.710. The number of hydrogen-bond acceptors (Lipinski definition) is 18. The third-order valence-electron chi connectivity index (χ3n) is 20.5. The summed E-state index contributed by atoms with van der Waals surface area (Å²) in [4.78, 5) is 13.5. The maximum absolute atomic E-state index is 13.5. The lowest BCUT2D eigenvalue weighted by Gasteiger charge is -2.48. The molecule has 12 N–H and O–H groups in total. The number of hydrogen-bond donors (Lipinski definition) is 12. The van der Waals surface area contributed by atoms with Gasteiger partial charge in [0.05, 0.1) is 38.6 Å². The van der Waals surface area contributed by atoms with Gasteiger partial charge in [-0.3, -0.25) is 4.79 Å². The summed E-state index contributed by atoms with van der Waals surface area (Å²) in [5.41, 5.74) is 0. The molecule has 0 saturated carbocycles. The number of unbranched alkanes of at least 4 members (excludes halogenated alkanes) is 28. The molecule has 0 bridgehead atoms. The van der Waals surface area contributed by atoms with Gasteiger partial charge in [0.15, 0.2) is 18.9 Å². The lowest BCUT2D eigenvalue weighted by Crippen LogP contribution is -2.66. The number of rotatable bonds is 68. The van der Waals surface area contributed by atoms with Gasteiger partial charge < -0.3 is 89.9 Å². The van der Waals surface area contributed by atoms with Gasteiger partial charge in [-0.1, -0.05) is 320 Å². The van der Waals surface area contributed by atoms with Crippen LogP contribution in [0.4, 0.5) is 0 Å². The summed E-state index contributed by atoms with van der Waals surface area (Å²) in [6, 6.07) is -1.02. The van der Waals surface area contributed by atoms with Crippen molar-refractivity contribution in [2.24, 2.45) is 0 Å². The summed E-state index contributed by atoms with van der Waals surface area (Å²) in [7, 11) is 0.